The van der Waals surface area contributed by atoms with Crippen molar-refractivity contribution in [1.82, 2.24) is 20.3 Å². The van der Waals surface area contributed by atoms with Gasteiger partial charge in [-0.15, -0.1) is 0 Å². The molecule has 4 rings (SSSR count). The zero-order chi connectivity index (χ0) is 25.4. The lowest BCUT2D eigenvalue weighted by atomic mass is 10.2. The molecular formula is C24H22BrN7O3S. The number of benzene rings is 2. The first-order chi connectivity index (χ1) is 17.4. The molecule has 4 N–H and O–H groups in total. The minimum absolute atomic E-state index is 0.105. The predicted molar refractivity (Wildman–Crippen MR) is 142 cm³/mol. The van der Waals surface area contributed by atoms with Gasteiger partial charge in [0.15, 0.2) is 0 Å². The summed E-state index contributed by atoms with van der Waals surface area (Å²) in [5, 5.41) is 9.01. The molecule has 12 heteroatoms. The number of rotatable bonds is 10. The highest BCUT2D eigenvalue weighted by atomic mass is 79.9. The van der Waals surface area contributed by atoms with Crippen LogP contribution in [0.15, 0.2) is 94.6 Å². The van der Waals surface area contributed by atoms with Crippen LogP contribution in [0.2, 0.25) is 0 Å². The number of nitrogens with zero attached hydrogens (tertiary/aromatic N) is 3. The highest BCUT2D eigenvalue weighted by Gasteiger charge is 2.14. The Morgan fingerprint density at radius 2 is 1.69 bits per heavy atom. The predicted octanol–water partition coefficient (Wildman–Crippen LogP) is 4.02. The third kappa shape index (κ3) is 6.99. The van der Waals surface area contributed by atoms with E-state index < -0.39 is 10.0 Å². The highest BCUT2D eigenvalue weighted by Crippen LogP contribution is 2.20. The molecule has 0 bridgehead atoms. The summed E-state index contributed by atoms with van der Waals surface area (Å²) in [4.78, 5) is 24.9. The molecule has 0 aliphatic rings. The van der Waals surface area contributed by atoms with Gasteiger partial charge in [-0.2, -0.15) is 4.98 Å². The molecule has 0 aliphatic carbocycles. The van der Waals surface area contributed by atoms with E-state index in [1.165, 1.54) is 18.3 Å². The Balaban J connectivity index is 1.29. The van der Waals surface area contributed by atoms with Gasteiger partial charge >= 0.3 is 0 Å². The maximum Gasteiger partial charge on any atom is 0.263 e. The van der Waals surface area contributed by atoms with Crippen LogP contribution in [0.1, 0.15) is 10.4 Å². The van der Waals surface area contributed by atoms with Gasteiger partial charge in [0.2, 0.25) is 5.95 Å². The van der Waals surface area contributed by atoms with Gasteiger partial charge in [-0.05, 0) is 60.7 Å². The van der Waals surface area contributed by atoms with E-state index in [1.807, 2.05) is 6.07 Å². The van der Waals surface area contributed by atoms with Crippen molar-refractivity contribution in [1.29, 1.82) is 0 Å². The van der Waals surface area contributed by atoms with Gasteiger partial charge in [0, 0.05) is 41.2 Å². The van der Waals surface area contributed by atoms with Gasteiger partial charge in [-0.3, -0.25) is 9.52 Å². The Labute approximate surface area is 216 Å². The minimum atomic E-state index is -3.76. The molecule has 2 heterocycles. The second-order valence-electron chi connectivity index (χ2n) is 7.43. The number of aromatic nitrogens is 3. The number of anilines is 4. The standard InChI is InChI=1S/C24H22BrN7O3S/c25-18-5-3-4-17(16-18)23(33)27-14-15-29-24-28-13-11-22(31-24)30-19-7-9-20(10-8-19)36(34,35)32-21-6-1-2-12-26-21/h1-13,16H,14-15H2,(H,26,32)(H,27,33)(H2,28,29,30,31). The largest absolute Gasteiger partial charge is 0.352 e. The molecule has 10 nitrogen and oxygen atoms in total. The fourth-order valence-corrected chi connectivity index (χ4v) is 4.49. The SMILES string of the molecule is O=C(NCCNc1nccc(Nc2ccc(S(=O)(=O)Nc3ccccn3)cc2)n1)c1cccc(Br)c1. The van der Waals surface area contributed by atoms with Crippen molar-refractivity contribution in [2.45, 2.75) is 4.90 Å². The summed E-state index contributed by atoms with van der Waals surface area (Å²) in [5.41, 5.74) is 1.22. The van der Waals surface area contributed by atoms with Crippen molar-refractivity contribution in [3.8, 4) is 0 Å². The molecule has 0 spiro atoms. The van der Waals surface area contributed by atoms with E-state index in [4.69, 9.17) is 0 Å². The normalized spacial score (nSPS) is 10.9. The van der Waals surface area contributed by atoms with Crippen LogP contribution < -0.4 is 20.7 Å². The Hall–Kier alpha value is -4.03. The molecule has 0 radical (unpaired) electrons. The quantitative estimate of drug-likeness (QED) is 0.211. The smallest absolute Gasteiger partial charge is 0.263 e. The number of pyridine rings is 1. The van der Waals surface area contributed by atoms with Gasteiger partial charge in [-0.1, -0.05) is 28.1 Å². The molecule has 2 aromatic heterocycles. The van der Waals surface area contributed by atoms with Crippen LogP contribution in [0.5, 0.6) is 0 Å². The zero-order valence-electron chi connectivity index (χ0n) is 18.8. The summed E-state index contributed by atoms with van der Waals surface area (Å²) in [5.74, 6) is 0.979. The van der Waals surface area contributed by atoms with Crippen LogP contribution >= 0.6 is 15.9 Å². The Morgan fingerprint density at radius 3 is 2.44 bits per heavy atom. The Bertz CT molecular complexity index is 1440. The summed E-state index contributed by atoms with van der Waals surface area (Å²) in [6.45, 7) is 0.813. The summed E-state index contributed by atoms with van der Waals surface area (Å²) in [7, 11) is -3.76. The first-order valence-electron chi connectivity index (χ1n) is 10.8. The van der Waals surface area contributed by atoms with E-state index in [9.17, 15) is 13.2 Å². The van der Waals surface area contributed by atoms with Crippen molar-refractivity contribution in [3.05, 3.63) is 95.2 Å². The first kappa shape index (κ1) is 25.1. The van der Waals surface area contributed by atoms with Gasteiger partial charge in [0.25, 0.3) is 15.9 Å². The number of halogens is 1. The van der Waals surface area contributed by atoms with Gasteiger partial charge in [0.05, 0.1) is 4.90 Å². The molecule has 184 valence electrons. The van der Waals surface area contributed by atoms with E-state index >= 15 is 0 Å². The molecule has 0 fully saturated rings. The first-order valence-corrected chi connectivity index (χ1v) is 13.1. The number of carbonyl (C=O) groups excluding carboxylic acids is 1. The fourth-order valence-electron chi connectivity index (χ4n) is 3.08. The lowest BCUT2D eigenvalue weighted by Crippen LogP contribution is -2.29. The van der Waals surface area contributed by atoms with Gasteiger partial charge in [0.1, 0.15) is 11.6 Å². The van der Waals surface area contributed by atoms with Crippen LogP contribution in [-0.4, -0.2) is 42.4 Å². The number of sulfonamides is 1. The molecule has 0 unspecified atom stereocenters. The molecule has 4 aromatic rings. The third-order valence-electron chi connectivity index (χ3n) is 4.78. The summed E-state index contributed by atoms with van der Waals surface area (Å²) in [6, 6.07) is 20.1. The van der Waals surface area contributed by atoms with Gasteiger partial charge < -0.3 is 16.0 Å². The Kier molecular flexibility index (Phi) is 8.08. The van der Waals surface area contributed by atoms with E-state index in [0.717, 1.165) is 4.47 Å². The summed E-state index contributed by atoms with van der Waals surface area (Å²) in [6.07, 6.45) is 3.10. The molecule has 0 saturated heterocycles. The third-order valence-corrected chi connectivity index (χ3v) is 6.64. The lowest BCUT2D eigenvalue weighted by Gasteiger charge is -2.10. The number of nitrogens with one attached hydrogen (secondary N) is 4. The molecule has 2 aromatic carbocycles. The average Bonchev–Trinajstić information content (AvgIpc) is 2.87. The number of carbonyl (C=O) groups is 1. The van der Waals surface area contributed by atoms with Gasteiger partial charge in [-0.25, -0.2) is 18.4 Å². The second-order valence-corrected chi connectivity index (χ2v) is 10.0. The number of hydrogen-bond acceptors (Lipinski definition) is 8. The molecule has 1 amide bonds. The van der Waals surface area contributed by atoms with Crippen molar-refractivity contribution in [2.24, 2.45) is 0 Å². The maximum atomic E-state index is 12.5. The van der Waals surface area contributed by atoms with Crippen LogP contribution in [0.3, 0.4) is 0 Å². The van der Waals surface area contributed by atoms with E-state index in [-0.39, 0.29) is 16.6 Å². The van der Waals surface area contributed by atoms with Crippen LogP contribution in [0.4, 0.5) is 23.3 Å². The highest BCUT2D eigenvalue weighted by molar-refractivity contribution is 9.10. The number of amides is 1. The molecule has 0 aliphatic heterocycles. The van der Waals surface area contributed by atoms with E-state index in [1.54, 1.807) is 60.8 Å². The zero-order valence-corrected chi connectivity index (χ0v) is 21.3. The fraction of sp³-hybridized carbons (Fsp3) is 0.0833. The maximum absolute atomic E-state index is 12.5. The minimum Gasteiger partial charge on any atom is -0.352 e. The lowest BCUT2D eigenvalue weighted by molar-refractivity contribution is 0.0955. The molecule has 0 atom stereocenters. The second kappa shape index (κ2) is 11.6. The van der Waals surface area contributed by atoms with Crippen LogP contribution in [0.25, 0.3) is 0 Å². The summed E-state index contributed by atoms with van der Waals surface area (Å²) < 4.78 is 28.4. The van der Waals surface area contributed by atoms with E-state index in [0.29, 0.717) is 36.1 Å². The van der Waals surface area contributed by atoms with Crippen LogP contribution in [0, 0.1) is 0 Å². The molecule has 0 saturated carbocycles. The van der Waals surface area contributed by atoms with Crippen molar-refractivity contribution >= 4 is 55.1 Å². The summed E-state index contributed by atoms with van der Waals surface area (Å²) >= 11 is 3.35. The number of hydrogen-bond donors (Lipinski definition) is 4. The van der Waals surface area contributed by atoms with Crippen molar-refractivity contribution in [2.75, 3.05) is 28.4 Å². The monoisotopic (exact) mass is 567 g/mol. The van der Waals surface area contributed by atoms with Crippen LogP contribution in [-0.2, 0) is 10.0 Å². The van der Waals surface area contributed by atoms with E-state index in [2.05, 4.69) is 51.6 Å². The average molecular weight is 568 g/mol. The van der Waals surface area contributed by atoms with Crippen molar-refractivity contribution < 1.29 is 13.2 Å². The van der Waals surface area contributed by atoms with Crippen molar-refractivity contribution in [3.63, 3.8) is 0 Å². The molecular weight excluding hydrogens is 546 g/mol. The molecule has 36 heavy (non-hydrogen) atoms. The topological polar surface area (TPSA) is 138 Å². The Morgan fingerprint density at radius 1 is 0.861 bits per heavy atom.